The summed E-state index contributed by atoms with van der Waals surface area (Å²) in [4.78, 5) is 27.4. The second-order valence-corrected chi connectivity index (χ2v) is 18.1. The summed E-state index contributed by atoms with van der Waals surface area (Å²) in [7, 11) is 0.0676. The van der Waals surface area contributed by atoms with Crippen molar-refractivity contribution in [3.05, 3.63) is 74.9 Å². The van der Waals surface area contributed by atoms with Crippen LogP contribution in [0.15, 0.2) is 63.8 Å². The Morgan fingerprint density at radius 1 is 1.15 bits per heavy atom. The number of rotatable bonds is 12. The molecule has 214 valence electrons. The summed E-state index contributed by atoms with van der Waals surface area (Å²) in [6.45, 7) is 9.23. The maximum atomic E-state index is 13.1. The van der Waals surface area contributed by atoms with E-state index in [0.29, 0.717) is 48.3 Å². The van der Waals surface area contributed by atoms with Crippen molar-refractivity contribution in [2.45, 2.75) is 57.5 Å². The van der Waals surface area contributed by atoms with E-state index >= 15 is 0 Å². The van der Waals surface area contributed by atoms with Gasteiger partial charge in [-0.2, -0.15) is 5.10 Å². The van der Waals surface area contributed by atoms with E-state index in [1.54, 1.807) is 10.7 Å². The van der Waals surface area contributed by atoms with Crippen molar-refractivity contribution >= 4 is 36.5 Å². The first-order valence-corrected chi connectivity index (χ1v) is 18.0. The van der Waals surface area contributed by atoms with Gasteiger partial charge in [0.1, 0.15) is 18.2 Å². The smallest absolute Gasteiger partial charge is 0.311 e. The molecule has 10 heteroatoms. The number of aromatic nitrogens is 2. The highest BCUT2D eigenvalue weighted by Gasteiger charge is 2.36. The van der Waals surface area contributed by atoms with Crippen LogP contribution in [0.1, 0.15) is 18.5 Å². The number of carbonyl (C=O) groups is 1. The van der Waals surface area contributed by atoms with Gasteiger partial charge in [-0.05, 0) is 43.0 Å². The minimum atomic E-state index is -1.24. The molecule has 0 radical (unpaired) electrons. The number of ether oxygens (including phenoxy) is 3. The fourth-order valence-corrected chi connectivity index (χ4v) is 6.02. The summed E-state index contributed by atoms with van der Waals surface area (Å²) in [5.41, 5.74) is 1.62. The zero-order valence-corrected chi connectivity index (χ0v) is 25.4. The van der Waals surface area contributed by atoms with Crippen LogP contribution in [0.5, 0.6) is 0 Å². The maximum absolute atomic E-state index is 13.1. The molecule has 0 bridgehead atoms. The summed E-state index contributed by atoms with van der Waals surface area (Å²) in [5.74, 6) is 0.902. The Balaban J connectivity index is 1.45. The average molecular weight is 584 g/mol. The van der Waals surface area contributed by atoms with E-state index in [-0.39, 0.29) is 29.5 Å². The van der Waals surface area contributed by atoms with Crippen molar-refractivity contribution in [1.29, 1.82) is 0 Å². The van der Waals surface area contributed by atoms with Gasteiger partial charge in [-0.1, -0.05) is 55.5 Å². The summed E-state index contributed by atoms with van der Waals surface area (Å²) in [6, 6.07) is 8.43. The lowest BCUT2D eigenvalue weighted by molar-refractivity contribution is -0.139. The molecule has 2 heterocycles. The highest BCUT2D eigenvalue weighted by molar-refractivity contribution is 6.76. The van der Waals surface area contributed by atoms with Crippen molar-refractivity contribution in [3.63, 3.8) is 0 Å². The third kappa shape index (κ3) is 6.70. The van der Waals surface area contributed by atoms with Crippen LogP contribution in [0.2, 0.25) is 25.7 Å². The number of methoxy groups -OCH3 is 1. The number of allylic oxidation sites excluding steroid dienone is 2. The third-order valence-electron chi connectivity index (χ3n) is 7.58. The van der Waals surface area contributed by atoms with Gasteiger partial charge in [0.05, 0.1) is 43.3 Å². The number of fused-ring (bicyclic) bond motifs is 2. The topological polar surface area (TPSA) is 82.9 Å². The lowest BCUT2D eigenvalue weighted by Gasteiger charge is -2.32. The summed E-state index contributed by atoms with van der Waals surface area (Å²) in [6.07, 6.45) is 8.59. The molecule has 2 aliphatic carbocycles. The number of nitrogens with zero attached hydrogens (tertiary/aromatic N) is 3. The van der Waals surface area contributed by atoms with E-state index in [4.69, 9.17) is 25.8 Å². The molecule has 0 N–H and O–H groups in total. The highest BCUT2D eigenvalue weighted by Crippen LogP contribution is 2.39. The molecule has 2 aromatic rings. The number of carbonyl (C=O) groups excluding carboxylic acids is 1. The Morgan fingerprint density at radius 2 is 1.93 bits per heavy atom. The van der Waals surface area contributed by atoms with Crippen LogP contribution in [0.3, 0.4) is 0 Å². The molecule has 0 saturated heterocycles. The molecule has 1 aromatic carbocycles. The SMILES string of the molecule is COC(=O)Cc1nn(CC2=CC3C=C(Cl)C(OCC4CC4)=CC3N2COCC[Si](C)(C)C)c2ccccc2c1=O. The molecular weight excluding hydrogens is 546 g/mol. The second kappa shape index (κ2) is 11.9. The first-order chi connectivity index (χ1) is 19.1. The quantitative estimate of drug-likeness (QED) is 0.196. The molecule has 0 amide bonds. The molecule has 1 aromatic heterocycles. The lowest BCUT2D eigenvalue weighted by Crippen LogP contribution is -2.37. The lowest BCUT2D eigenvalue weighted by atomic mass is 9.96. The monoisotopic (exact) mass is 583 g/mol. The number of hydrogen-bond donors (Lipinski definition) is 0. The van der Waals surface area contributed by atoms with Gasteiger partial charge in [-0.25, -0.2) is 0 Å². The second-order valence-electron chi connectivity index (χ2n) is 12.0. The Morgan fingerprint density at radius 3 is 2.65 bits per heavy atom. The van der Waals surface area contributed by atoms with Gasteiger partial charge in [0.15, 0.2) is 0 Å². The van der Waals surface area contributed by atoms with Crippen molar-refractivity contribution in [1.82, 2.24) is 14.7 Å². The van der Waals surface area contributed by atoms with Gasteiger partial charge in [-0.3, -0.25) is 14.3 Å². The zero-order valence-electron chi connectivity index (χ0n) is 23.7. The van der Waals surface area contributed by atoms with E-state index < -0.39 is 14.0 Å². The minimum absolute atomic E-state index is 0.00114. The van der Waals surface area contributed by atoms with Gasteiger partial charge in [0.2, 0.25) is 5.43 Å². The largest absolute Gasteiger partial charge is 0.492 e. The number of hydrogen-bond acceptors (Lipinski definition) is 7. The van der Waals surface area contributed by atoms with Gasteiger partial charge in [-0.15, -0.1) is 0 Å². The van der Waals surface area contributed by atoms with E-state index in [2.05, 4.69) is 47.9 Å². The Bertz CT molecular complexity index is 1420. The molecule has 5 rings (SSSR count). The zero-order chi connectivity index (χ0) is 28.4. The summed E-state index contributed by atoms with van der Waals surface area (Å²) >= 11 is 6.66. The van der Waals surface area contributed by atoms with Gasteiger partial charge in [0.25, 0.3) is 0 Å². The third-order valence-corrected chi connectivity index (χ3v) is 9.60. The van der Waals surface area contributed by atoms with Crippen LogP contribution in [0, 0.1) is 11.8 Å². The van der Waals surface area contributed by atoms with Crippen LogP contribution in [0.25, 0.3) is 10.9 Å². The van der Waals surface area contributed by atoms with Crippen molar-refractivity contribution in [2.75, 3.05) is 27.1 Å². The fraction of sp³-hybridized carbons (Fsp3) is 0.500. The molecule has 40 heavy (non-hydrogen) atoms. The van der Waals surface area contributed by atoms with Crippen LogP contribution >= 0.6 is 11.6 Å². The first kappa shape index (κ1) is 28.6. The fourth-order valence-electron chi connectivity index (χ4n) is 5.00. The van der Waals surface area contributed by atoms with E-state index in [1.165, 1.54) is 20.0 Å². The van der Waals surface area contributed by atoms with Crippen LogP contribution in [0.4, 0.5) is 0 Å². The predicted octanol–water partition coefficient (Wildman–Crippen LogP) is 5.06. The molecule has 1 fully saturated rings. The molecule has 2 atom stereocenters. The summed E-state index contributed by atoms with van der Waals surface area (Å²) in [5, 5.41) is 5.79. The Hall–Kier alpha value is -2.88. The van der Waals surface area contributed by atoms with Crippen molar-refractivity contribution in [3.8, 4) is 0 Å². The van der Waals surface area contributed by atoms with Gasteiger partial charge < -0.3 is 19.1 Å². The Labute approximate surface area is 241 Å². The number of benzene rings is 1. The highest BCUT2D eigenvalue weighted by atomic mass is 35.5. The van der Waals surface area contributed by atoms with Crippen LogP contribution in [-0.2, 0) is 32.0 Å². The Kier molecular flexibility index (Phi) is 8.54. The number of esters is 1. The number of halogens is 1. The van der Waals surface area contributed by atoms with E-state index in [9.17, 15) is 9.59 Å². The van der Waals surface area contributed by atoms with E-state index in [1.807, 2.05) is 18.2 Å². The van der Waals surface area contributed by atoms with Gasteiger partial charge >= 0.3 is 5.97 Å². The molecule has 1 saturated carbocycles. The predicted molar refractivity (Wildman–Crippen MR) is 159 cm³/mol. The summed E-state index contributed by atoms with van der Waals surface area (Å²) < 4.78 is 19.0. The minimum Gasteiger partial charge on any atom is -0.492 e. The molecule has 2 unspecified atom stereocenters. The van der Waals surface area contributed by atoms with Crippen LogP contribution in [-0.4, -0.2) is 61.8 Å². The van der Waals surface area contributed by atoms with Crippen molar-refractivity contribution < 1.29 is 19.0 Å². The molecule has 8 nitrogen and oxygen atoms in total. The van der Waals surface area contributed by atoms with Gasteiger partial charge in [0, 0.05) is 31.7 Å². The molecule has 3 aliphatic rings. The van der Waals surface area contributed by atoms with Crippen molar-refractivity contribution in [2.24, 2.45) is 11.8 Å². The standard InChI is InChI=1S/C30H38ClN3O5Si/c1-37-29(35)15-25-30(36)23-7-5-6-8-26(23)34(32-25)17-22-13-21-14-24(31)28(39-18-20-9-10-20)16-27(21)33(22)19-38-11-12-40(2,3)4/h5-8,13-14,16,20-21,27H,9-12,15,17-19H2,1-4H3. The average Bonchev–Trinajstić information content (AvgIpc) is 3.69. The molecule has 1 aliphatic heterocycles. The van der Waals surface area contributed by atoms with E-state index in [0.717, 1.165) is 17.5 Å². The molecular formula is C30H38ClN3O5Si. The number of para-hydroxylation sites is 1. The maximum Gasteiger partial charge on any atom is 0.311 e. The van der Waals surface area contributed by atoms with Crippen LogP contribution < -0.4 is 5.43 Å². The first-order valence-electron chi connectivity index (χ1n) is 14.0. The molecule has 0 spiro atoms. The normalized spacial score (nSPS) is 20.6.